The lowest BCUT2D eigenvalue weighted by atomic mass is 9.92. The number of aromatic hydroxyl groups is 1. The topological polar surface area (TPSA) is 98.7 Å². The lowest BCUT2D eigenvalue weighted by molar-refractivity contribution is 0.0918. The number of amides is 2. The third-order valence-corrected chi connectivity index (χ3v) is 9.71. The zero-order valence-electron chi connectivity index (χ0n) is 17.1. The fourth-order valence-corrected chi connectivity index (χ4v) is 7.33. The summed E-state index contributed by atoms with van der Waals surface area (Å²) in [6, 6.07) is 2.36. The summed E-state index contributed by atoms with van der Waals surface area (Å²) in [5, 5.41) is 15.9. The predicted molar refractivity (Wildman–Crippen MR) is 122 cm³/mol. The predicted octanol–water partition coefficient (Wildman–Crippen LogP) is 4.24. The Kier molecular flexibility index (Phi) is 6.72. The first-order valence-electron chi connectivity index (χ1n) is 10.7. The van der Waals surface area contributed by atoms with Crippen molar-refractivity contribution in [1.29, 1.82) is 0 Å². The highest BCUT2D eigenvalue weighted by Gasteiger charge is 2.38. The molecule has 170 valence electrons. The molecule has 1 heterocycles. The van der Waals surface area contributed by atoms with Crippen LogP contribution in [0.3, 0.4) is 0 Å². The molecular formula is C21H27Cl2N3O4S. The third kappa shape index (κ3) is 4.67. The fourth-order valence-electron chi connectivity index (χ4n) is 4.64. The Morgan fingerprint density at radius 1 is 1.10 bits per heavy atom. The van der Waals surface area contributed by atoms with Crippen molar-refractivity contribution < 1.29 is 18.3 Å². The van der Waals surface area contributed by atoms with Gasteiger partial charge in [-0.1, -0.05) is 29.3 Å². The Morgan fingerprint density at radius 3 is 2.39 bits per heavy atom. The normalized spacial score (nSPS) is 26.8. The van der Waals surface area contributed by atoms with E-state index < -0.39 is 26.9 Å². The van der Waals surface area contributed by atoms with Gasteiger partial charge in [0.2, 0.25) is 0 Å². The molecule has 4 rings (SSSR count). The number of carbonyl (C=O) groups excluding carboxylic acids is 1. The molecule has 1 unspecified atom stereocenters. The van der Waals surface area contributed by atoms with E-state index in [4.69, 9.17) is 23.2 Å². The number of halogens is 2. The van der Waals surface area contributed by atoms with Crippen LogP contribution in [0.4, 0.5) is 10.5 Å². The molecule has 31 heavy (non-hydrogen) atoms. The van der Waals surface area contributed by atoms with E-state index in [1.165, 1.54) is 18.6 Å². The fraction of sp³-hybridized carbons (Fsp3) is 0.571. The van der Waals surface area contributed by atoms with Crippen molar-refractivity contribution in [2.75, 3.05) is 18.4 Å². The van der Waals surface area contributed by atoms with Crippen LogP contribution < -0.4 is 10.6 Å². The molecule has 3 N–H and O–H groups in total. The lowest BCUT2D eigenvalue weighted by Crippen LogP contribution is -2.47. The molecule has 1 atom stereocenters. The molecule has 2 aliphatic carbocycles. The number of phenols is 1. The molecule has 1 aliphatic heterocycles. The number of likely N-dealkylation sites (tertiary alicyclic amines) is 1. The zero-order valence-corrected chi connectivity index (χ0v) is 19.4. The second-order valence-corrected chi connectivity index (χ2v) is 11.5. The Morgan fingerprint density at radius 2 is 1.81 bits per heavy atom. The summed E-state index contributed by atoms with van der Waals surface area (Å²) < 4.78 is 26.7. The highest BCUT2D eigenvalue weighted by atomic mass is 35.5. The summed E-state index contributed by atoms with van der Waals surface area (Å²) in [6.45, 7) is 2.18. The standard InChI is InChI=1S/C21H27Cl2N3O4S/c22-15-3-1-4-17(15)24-21(28)25-18-10-9-16(23)20(19(18)27)31(29,30)14-7-5-13(6-8-14)26-11-2-12-26/h3,9-10,13-14,17,27H,1-2,4-8,11-12H2,(H2,24,25,28)/t13-,14-,17?. The Labute approximate surface area is 192 Å². The van der Waals surface area contributed by atoms with Gasteiger partial charge in [0, 0.05) is 11.1 Å². The first-order chi connectivity index (χ1) is 14.8. The van der Waals surface area contributed by atoms with Crippen LogP contribution in [0.2, 0.25) is 5.02 Å². The van der Waals surface area contributed by atoms with Crippen LogP contribution in [0, 0.1) is 0 Å². The van der Waals surface area contributed by atoms with Crippen LogP contribution in [0.15, 0.2) is 28.1 Å². The minimum absolute atomic E-state index is 0.00663. The monoisotopic (exact) mass is 487 g/mol. The van der Waals surface area contributed by atoms with Crippen molar-refractivity contribution in [3.63, 3.8) is 0 Å². The number of hydrogen-bond donors (Lipinski definition) is 3. The minimum Gasteiger partial charge on any atom is -0.504 e. The van der Waals surface area contributed by atoms with Crippen LogP contribution in [0.25, 0.3) is 0 Å². The van der Waals surface area contributed by atoms with Gasteiger partial charge in [0.15, 0.2) is 15.6 Å². The van der Waals surface area contributed by atoms with Gasteiger partial charge in [-0.25, -0.2) is 13.2 Å². The molecule has 0 aromatic heterocycles. The molecule has 10 heteroatoms. The number of urea groups is 1. The molecule has 1 aromatic rings. The number of sulfone groups is 1. The van der Waals surface area contributed by atoms with Gasteiger partial charge in [0.05, 0.1) is 22.0 Å². The van der Waals surface area contributed by atoms with Crippen molar-refractivity contribution in [2.45, 2.75) is 67.2 Å². The number of benzene rings is 1. The second kappa shape index (κ2) is 9.17. The lowest BCUT2D eigenvalue weighted by Gasteiger charge is -2.41. The maximum Gasteiger partial charge on any atom is 0.319 e. The summed E-state index contributed by atoms with van der Waals surface area (Å²) in [4.78, 5) is 14.4. The van der Waals surface area contributed by atoms with Gasteiger partial charge < -0.3 is 20.6 Å². The van der Waals surface area contributed by atoms with E-state index in [0.717, 1.165) is 32.4 Å². The van der Waals surface area contributed by atoms with Crippen LogP contribution >= 0.6 is 23.2 Å². The van der Waals surface area contributed by atoms with Crippen molar-refractivity contribution in [1.82, 2.24) is 10.2 Å². The first kappa shape index (κ1) is 22.7. The number of nitrogens with one attached hydrogen (secondary N) is 2. The number of rotatable bonds is 5. The number of nitrogens with zero attached hydrogens (tertiary/aromatic N) is 1. The zero-order chi connectivity index (χ0) is 22.2. The Bertz CT molecular complexity index is 987. The molecule has 0 bridgehead atoms. The molecule has 2 amide bonds. The van der Waals surface area contributed by atoms with E-state index in [2.05, 4.69) is 15.5 Å². The van der Waals surface area contributed by atoms with Crippen molar-refractivity contribution in [2.24, 2.45) is 0 Å². The number of hydrogen-bond acceptors (Lipinski definition) is 5. The number of carbonyl (C=O) groups is 1. The maximum absolute atomic E-state index is 13.3. The summed E-state index contributed by atoms with van der Waals surface area (Å²) >= 11 is 12.3. The molecule has 2 fully saturated rings. The van der Waals surface area contributed by atoms with Gasteiger partial charge in [-0.05, 0) is 70.2 Å². The van der Waals surface area contributed by atoms with Crippen molar-refractivity contribution in [3.05, 3.63) is 28.3 Å². The molecule has 7 nitrogen and oxygen atoms in total. The van der Waals surface area contributed by atoms with Crippen molar-refractivity contribution >= 4 is 44.8 Å². The summed E-state index contributed by atoms with van der Waals surface area (Å²) in [7, 11) is -3.85. The Balaban J connectivity index is 1.48. The van der Waals surface area contributed by atoms with Crippen LogP contribution in [-0.2, 0) is 9.84 Å². The van der Waals surface area contributed by atoms with E-state index in [1.54, 1.807) is 0 Å². The van der Waals surface area contributed by atoms with E-state index >= 15 is 0 Å². The van der Waals surface area contributed by atoms with Crippen molar-refractivity contribution in [3.8, 4) is 5.75 Å². The molecule has 1 aromatic carbocycles. The van der Waals surface area contributed by atoms with E-state index in [9.17, 15) is 18.3 Å². The third-order valence-electron chi connectivity index (χ3n) is 6.54. The maximum atomic E-state index is 13.3. The highest BCUT2D eigenvalue weighted by Crippen LogP contribution is 2.42. The van der Waals surface area contributed by atoms with Gasteiger partial charge in [0.1, 0.15) is 4.90 Å². The van der Waals surface area contributed by atoms with Crippen LogP contribution in [-0.4, -0.2) is 54.9 Å². The van der Waals surface area contributed by atoms with E-state index in [0.29, 0.717) is 30.3 Å². The molecule has 0 radical (unpaired) electrons. The first-order valence-corrected chi connectivity index (χ1v) is 13.0. The number of allylic oxidation sites excluding steroid dienone is 1. The average molecular weight is 488 g/mol. The molecule has 1 saturated carbocycles. The number of phenolic OH excluding ortho intramolecular Hbond substituents is 1. The number of anilines is 1. The summed E-state index contributed by atoms with van der Waals surface area (Å²) in [5.41, 5.74) is -0.00663. The minimum atomic E-state index is -3.85. The van der Waals surface area contributed by atoms with Gasteiger partial charge >= 0.3 is 6.03 Å². The molecular weight excluding hydrogens is 461 g/mol. The largest absolute Gasteiger partial charge is 0.504 e. The highest BCUT2D eigenvalue weighted by molar-refractivity contribution is 7.92. The summed E-state index contributed by atoms with van der Waals surface area (Å²) in [5.74, 6) is -0.527. The average Bonchev–Trinajstić information content (AvgIpc) is 3.07. The second-order valence-electron chi connectivity index (χ2n) is 8.46. The van der Waals surface area contributed by atoms with Gasteiger partial charge in [-0.2, -0.15) is 0 Å². The summed E-state index contributed by atoms with van der Waals surface area (Å²) in [6.07, 6.45) is 7.22. The van der Waals surface area contributed by atoms with Gasteiger partial charge in [0.25, 0.3) is 0 Å². The van der Waals surface area contributed by atoms with Gasteiger partial charge in [-0.3, -0.25) is 0 Å². The van der Waals surface area contributed by atoms with Crippen LogP contribution in [0.1, 0.15) is 44.9 Å². The van der Waals surface area contributed by atoms with Gasteiger partial charge in [-0.15, -0.1) is 0 Å². The SMILES string of the molecule is O=C(Nc1ccc(Cl)c(S(=O)(=O)[C@H]2CC[C@H](N3CCC3)CC2)c1O)NC1CCC=C1Cl. The quantitative estimate of drug-likeness (QED) is 0.539. The van der Waals surface area contributed by atoms with Crippen LogP contribution in [0.5, 0.6) is 5.75 Å². The smallest absolute Gasteiger partial charge is 0.319 e. The Hall–Kier alpha value is -1.48. The van der Waals surface area contributed by atoms with E-state index in [-0.39, 0.29) is 21.6 Å². The molecule has 1 saturated heterocycles. The molecule has 3 aliphatic rings. The van der Waals surface area contributed by atoms with E-state index in [1.807, 2.05) is 6.08 Å². The molecule has 0 spiro atoms.